The first-order valence-electron chi connectivity index (χ1n) is 5.61. The molecule has 1 aromatic carbocycles. The van der Waals surface area contributed by atoms with Crippen molar-refractivity contribution in [1.29, 1.82) is 0 Å². The molecule has 0 aliphatic carbocycles. The van der Waals surface area contributed by atoms with Crippen LogP contribution in [0.25, 0.3) is 0 Å². The second-order valence-electron chi connectivity index (χ2n) is 4.39. The van der Waals surface area contributed by atoms with E-state index in [1.807, 2.05) is 35.4 Å². The smallest absolute Gasteiger partial charge is 0.228 e. The van der Waals surface area contributed by atoms with Crippen LogP contribution in [-0.4, -0.2) is 23.5 Å². The van der Waals surface area contributed by atoms with Gasteiger partial charge in [-0.05, 0) is 58.9 Å². The van der Waals surface area contributed by atoms with E-state index in [4.69, 9.17) is 4.74 Å². The van der Waals surface area contributed by atoms with Gasteiger partial charge in [0.2, 0.25) is 5.91 Å². The summed E-state index contributed by atoms with van der Waals surface area (Å²) < 4.78 is 6.89. The van der Waals surface area contributed by atoms with Gasteiger partial charge in [-0.25, -0.2) is 0 Å². The first kappa shape index (κ1) is 11.1. The Labute approximate surface area is 114 Å². The van der Waals surface area contributed by atoms with Crippen LogP contribution in [0.5, 0.6) is 5.75 Å². The van der Waals surface area contributed by atoms with Crippen LogP contribution in [0, 0.1) is 3.57 Å². The Morgan fingerprint density at radius 3 is 2.71 bits per heavy atom. The van der Waals surface area contributed by atoms with Gasteiger partial charge in [0.25, 0.3) is 0 Å². The van der Waals surface area contributed by atoms with Crippen molar-refractivity contribution < 1.29 is 9.53 Å². The first-order chi connectivity index (χ1) is 8.22. The second-order valence-corrected chi connectivity index (χ2v) is 5.64. The van der Waals surface area contributed by atoms with Gasteiger partial charge in [0.05, 0.1) is 0 Å². The predicted molar refractivity (Wildman–Crippen MR) is 72.6 cm³/mol. The molecule has 0 unspecified atom stereocenters. The van der Waals surface area contributed by atoms with Crippen molar-refractivity contribution in [1.82, 2.24) is 4.90 Å². The van der Waals surface area contributed by atoms with Gasteiger partial charge in [0.1, 0.15) is 12.4 Å². The first-order valence-corrected chi connectivity index (χ1v) is 6.69. The summed E-state index contributed by atoms with van der Waals surface area (Å²) in [7, 11) is 0. The Hall–Kier alpha value is -1.04. The van der Waals surface area contributed by atoms with E-state index in [2.05, 4.69) is 22.6 Å². The van der Waals surface area contributed by atoms with Gasteiger partial charge in [0.15, 0.2) is 0 Å². The summed E-state index contributed by atoms with van der Waals surface area (Å²) in [6.07, 6.45) is 3.61. The molecule has 1 fully saturated rings. The molecular formula is C13H12INO2. The Morgan fingerprint density at radius 1 is 1.29 bits per heavy atom. The molecular weight excluding hydrogens is 329 g/mol. The highest BCUT2D eigenvalue weighted by atomic mass is 127. The quantitative estimate of drug-likeness (QED) is 0.625. The molecule has 4 heteroatoms. The van der Waals surface area contributed by atoms with E-state index in [-0.39, 0.29) is 5.91 Å². The van der Waals surface area contributed by atoms with Gasteiger partial charge in [-0.1, -0.05) is 0 Å². The van der Waals surface area contributed by atoms with E-state index in [0.29, 0.717) is 19.1 Å². The fraction of sp³-hybridized carbons (Fsp3) is 0.308. The van der Waals surface area contributed by atoms with E-state index in [1.165, 1.54) is 9.14 Å². The number of hydrogen-bond donors (Lipinski definition) is 0. The minimum absolute atomic E-state index is 0.235. The molecule has 0 saturated carbocycles. The fourth-order valence-electron chi connectivity index (χ4n) is 2.20. The molecule has 3 nitrogen and oxygen atoms in total. The van der Waals surface area contributed by atoms with Crippen molar-refractivity contribution in [2.75, 3.05) is 6.61 Å². The molecule has 1 amide bonds. The standard InChI is InChI=1S/C13H12INO2/c14-10-1-3-12(4-2-10)17-8-9-5-11-6-13(16)15(11)7-9/h1-4,7,11H,5-6,8H2/t11-/m1/s1. The van der Waals surface area contributed by atoms with E-state index < -0.39 is 0 Å². The van der Waals surface area contributed by atoms with Crippen LogP contribution in [0.4, 0.5) is 0 Å². The summed E-state index contributed by atoms with van der Waals surface area (Å²) >= 11 is 2.27. The number of ether oxygens (including phenoxy) is 1. The third-order valence-electron chi connectivity index (χ3n) is 3.15. The molecule has 1 saturated heterocycles. The van der Waals surface area contributed by atoms with Crippen molar-refractivity contribution in [3.8, 4) is 5.75 Å². The Bertz CT molecular complexity index is 481. The minimum atomic E-state index is 0.235. The minimum Gasteiger partial charge on any atom is -0.489 e. The topological polar surface area (TPSA) is 29.5 Å². The molecule has 2 aliphatic rings. The largest absolute Gasteiger partial charge is 0.489 e. The highest BCUT2D eigenvalue weighted by molar-refractivity contribution is 14.1. The normalized spacial score (nSPS) is 21.9. The zero-order valence-electron chi connectivity index (χ0n) is 9.23. The molecule has 1 atom stereocenters. The zero-order valence-corrected chi connectivity index (χ0v) is 11.4. The summed E-state index contributed by atoms with van der Waals surface area (Å²) in [4.78, 5) is 13.0. The van der Waals surface area contributed by atoms with Crippen molar-refractivity contribution in [3.05, 3.63) is 39.6 Å². The summed E-state index contributed by atoms with van der Waals surface area (Å²) in [6, 6.07) is 8.40. The fourth-order valence-corrected chi connectivity index (χ4v) is 2.56. The number of rotatable bonds is 3. The lowest BCUT2D eigenvalue weighted by atomic mass is 10.0. The van der Waals surface area contributed by atoms with Crippen LogP contribution in [0.15, 0.2) is 36.0 Å². The van der Waals surface area contributed by atoms with Gasteiger partial charge in [0, 0.05) is 22.2 Å². The van der Waals surface area contributed by atoms with Gasteiger partial charge in [-0.3, -0.25) is 4.79 Å². The highest BCUT2D eigenvalue weighted by Gasteiger charge is 2.39. The lowest BCUT2D eigenvalue weighted by molar-refractivity contribution is -0.140. The third kappa shape index (κ3) is 2.18. The average Bonchev–Trinajstić information content (AvgIpc) is 2.65. The highest BCUT2D eigenvalue weighted by Crippen LogP contribution is 2.32. The maximum atomic E-state index is 11.2. The number of amides is 1. The third-order valence-corrected chi connectivity index (χ3v) is 3.87. The number of β-lactam (4-membered cyclic amide) rings is 1. The maximum Gasteiger partial charge on any atom is 0.228 e. The van der Waals surface area contributed by atoms with Crippen molar-refractivity contribution in [2.24, 2.45) is 0 Å². The number of carbonyl (C=O) groups excluding carboxylic acids is 1. The zero-order chi connectivity index (χ0) is 11.8. The summed E-state index contributed by atoms with van der Waals surface area (Å²) in [5, 5.41) is 0. The van der Waals surface area contributed by atoms with Crippen LogP contribution in [0.3, 0.4) is 0 Å². The second kappa shape index (κ2) is 4.33. The van der Waals surface area contributed by atoms with Gasteiger partial charge < -0.3 is 9.64 Å². The number of carbonyl (C=O) groups is 1. The molecule has 17 heavy (non-hydrogen) atoms. The van der Waals surface area contributed by atoms with Crippen LogP contribution in [0.1, 0.15) is 12.8 Å². The molecule has 0 bridgehead atoms. The molecule has 0 radical (unpaired) electrons. The van der Waals surface area contributed by atoms with E-state index in [0.717, 1.165) is 12.2 Å². The van der Waals surface area contributed by atoms with Gasteiger partial charge in [-0.15, -0.1) is 0 Å². The molecule has 0 aromatic heterocycles. The Balaban J connectivity index is 1.58. The van der Waals surface area contributed by atoms with E-state index in [1.54, 1.807) is 0 Å². The number of benzene rings is 1. The molecule has 1 aromatic rings. The number of fused-ring (bicyclic) bond motifs is 1. The lowest BCUT2D eigenvalue weighted by Crippen LogP contribution is -2.45. The monoisotopic (exact) mass is 341 g/mol. The SMILES string of the molecule is O=C1C[C@H]2CC(COc3ccc(I)cc3)=CN12. The van der Waals surface area contributed by atoms with Crippen molar-refractivity contribution in [2.45, 2.75) is 18.9 Å². The average molecular weight is 341 g/mol. The van der Waals surface area contributed by atoms with Gasteiger partial charge in [-0.2, -0.15) is 0 Å². The van der Waals surface area contributed by atoms with Crippen LogP contribution in [0.2, 0.25) is 0 Å². The molecule has 0 N–H and O–H groups in total. The number of halogens is 1. The molecule has 0 spiro atoms. The van der Waals surface area contributed by atoms with Crippen molar-refractivity contribution >= 4 is 28.5 Å². The molecule has 88 valence electrons. The summed E-state index contributed by atoms with van der Waals surface area (Å²) in [5.74, 6) is 1.12. The number of hydrogen-bond acceptors (Lipinski definition) is 2. The Kier molecular flexibility index (Phi) is 2.82. The van der Waals surface area contributed by atoms with Gasteiger partial charge >= 0.3 is 0 Å². The van der Waals surface area contributed by atoms with E-state index >= 15 is 0 Å². The van der Waals surface area contributed by atoms with Crippen LogP contribution in [-0.2, 0) is 4.79 Å². The molecule has 2 heterocycles. The molecule has 2 aliphatic heterocycles. The summed E-state index contributed by atoms with van der Waals surface area (Å²) in [6.45, 7) is 0.584. The summed E-state index contributed by atoms with van der Waals surface area (Å²) in [5.41, 5.74) is 1.21. The van der Waals surface area contributed by atoms with Crippen LogP contribution >= 0.6 is 22.6 Å². The van der Waals surface area contributed by atoms with Crippen molar-refractivity contribution in [3.63, 3.8) is 0 Å². The Morgan fingerprint density at radius 2 is 2.06 bits per heavy atom. The van der Waals surface area contributed by atoms with E-state index in [9.17, 15) is 4.79 Å². The maximum absolute atomic E-state index is 11.2. The van der Waals surface area contributed by atoms with Crippen LogP contribution < -0.4 is 4.74 Å². The number of nitrogens with zero attached hydrogens (tertiary/aromatic N) is 1. The molecule has 3 rings (SSSR count). The predicted octanol–water partition coefficient (Wildman–Crippen LogP) is 2.56. The lowest BCUT2D eigenvalue weighted by Gasteiger charge is -2.32.